The molecule has 0 saturated heterocycles. The number of thiophene rings is 1. The first-order valence-electron chi connectivity index (χ1n) is 6.80. The number of nitrogens with one attached hydrogen (secondary N) is 1. The van der Waals surface area contributed by atoms with Gasteiger partial charge in [0.2, 0.25) is 0 Å². The molecule has 0 aliphatic heterocycles. The van der Waals surface area contributed by atoms with Crippen molar-refractivity contribution in [3.8, 4) is 0 Å². The molecule has 0 amide bonds. The van der Waals surface area contributed by atoms with Gasteiger partial charge in [-0.1, -0.05) is 6.92 Å². The summed E-state index contributed by atoms with van der Waals surface area (Å²) in [6, 6.07) is 0.809. The number of carbonyl (C=O) groups is 1. The number of rotatable bonds is 4. The van der Waals surface area contributed by atoms with Crippen LogP contribution in [0.2, 0.25) is 0 Å². The molecule has 2 heterocycles. The lowest BCUT2D eigenvalue weighted by Gasteiger charge is -2.17. The van der Waals surface area contributed by atoms with E-state index < -0.39 is 23.3 Å². The highest BCUT2D eigenvalue weighted by Gasteiger charge is 2.25. The van der Waals surface area contributed by atoms with Crippen molar-refractivity contribution in [1.29, 1.82) is 0 Å². The lowest BCUT2D eigenvalue weighted by atomic mass is 10.2. The van der Waals surface area contributed by atoms with Gasteiger partial charge in [-0.25, -0.2) is 14.2 Å². The smallest absolute Gasteiger partial charge is 0.330 e. The van der Waals surface area contributed by atoms with Gasteiger partial charge < -0.3 is 4.74 Å². The number of esters is 1. The number of hydrogen-bond acceptors (Lipinski definition) is 5. The largest absolute Gasteiger partial charge is 0.461 e. The molecule has 0 saturated carbocycles. The number of ether oxygens (including phenoxy) is 1. The van der Waals surface area contributed by atoms with Crippen LogP contribution in [0.3, 0.4) is 0 Å². The van der Waals surface area contributed by atoms with Crippen LogP contribution in [0.5, 0.6) is 0 Å². The summed E-state index contributed by atoms with van der Waals surface area (Å²) in [5, 5.41) is 0.424. The predicted molar refractivity (Wildman–Crippen MR) is 82.0 cm³/mol. The Morgan fingerprint density at radius 1 is 1.43 bits per heavy atom. The summed E-state index contributed by atoms with van der Waals surface area (Å²) in [6.07, 6.45) is 0.0110. The molecule has 2 aromatic rings. The van der Waals surface area contributed by atoms with Crippen LogP contribution in [0.25, 0.3) is 10.2 Å². The van der Waals surface area contributed by atoms with E-state index in [0.29, 0.717) is 16.6 Å². The molecule has 0 bridgehead atoms. The molecule has 6 nitrogen and oxygen atoms in total. The van der Waals surface area contributed by atoms with Crippen LogP contribution < -0.4 is 11.2 Å². The lowest BCUT2D eigenvalue weighted by molar-refractivity contribution is -0.151. The first-order chi connectivity index (χ1) is 9.85. The number of fused-ring (bicyclic) bond motifs is 1. The molecule has 0 aliphatic rings. The zero-order valence-corrected chi connectivity index (χ0v) is 13.2. The fourth-order valence-corrected chi connectivity index (χ4v) is 3.09. The topological polar surface area (TPSA) is 81.2 Å². The molecule has 0 spiro atoms. The highest BCUT2D eigenvalue weighted by molar-refractivity contribution is 7.18. The van der Waals surface area contributed by atoms with Crippen molar-refractivity contribution in [3.05, 3.63) is 31.8 Å². The van der Waals surface area contributed by atoms with E-state index in [1.807, 2.05) is 6.92 Å². The average molecular weight is 310 g/mol. The average Bonchev–Trinajstić information content (AvgIpc) is 2.74. The van der Waals surface area contributed by atoms with Gasteiger partial charge in [0.1, 0.15) is 10.9 Å². The second-order valence-corrected chi connectivity index (χ2v) is 6.37. The van der Waals surface area contributed by atoms with Gasteiger partial charge in [-0.3, -0.25) is 9.78 Å². The summed E-state index contributed by atoms with van der Waals surface area (Å²) in [7, 11) is 0. The Labute approximate surface area is 125 Å². The molecule has 2 aromatic heterocycles. The maximum atomic E-state index is 12.5. The van der Waals surface area contributed by atoms with E-state index in [4.69, 9.17) is 4.74 Å². The Bertz CT molecular complexity index is 784. The Hall–Kier alpha value is -1.89. The van der Waals surface area contributed by atoms with Crippen LogP contribution in [0.15, 0.2) is 15.7 Å². The van der Waals surface area contributed by atoms with Crippen molar-refractivity contribution < 1.29 is 9.53 Å². The molecule has 2 rings (SSSR count). The number of H-pyrrole nitrogens is 1. The molecule has 0 fully saturated rings. The van der Waals surface area contributed by atoms with Crippen molar-refractivity contribution in [2.45, 2.75) is 46.3 Å². The minimum atomic E-state index is -0.909. The summed E-state index contributed by atoms with van der Waals surface area (Å²) in [6.45, 7) is 7.05. The molecular formula is C14H18N2O4S. The van der Waals surface area contributed by atoms with E-state index in [9.17, 15) is 14.4 Å². The fourth-order valence-electron chi connectivity index (χ4n) is 2.19. The Balaban J connectivity index is 2.61. The molecule has 1 unspecified atom stereocenters. The van der Waals surface area contributed by atoms with Crippen LogP contribution in [0.1, 0.15) is 38.1 Å². The van der Waals surface area contributed by atoms with Crippen molar-refractivity contribution in [3.63, 3.8) is 0 Å². The van der Waals surface area contributed by atoms with Crippen molar-refractivity contribution in [1.82, 2.24) is 9.55 Å². The highest BCUT2D eigenvalue weighted by Crippen LogP contribution is 2.20. The lowest BCUT2D eigenvalue weighted by Crippen LogP contribution is -2.41. The summed E-state index contributed by atoms with van der Waals surface area (Å²) in [5.74, 6) is -0.564. The van der Waals surface area contributed by atoms with Gasteiger partial charge in [-0.15, -0.1) is 11.3 Å². The highest BCUT2D eigenvalue weighted by atomic mass is 32.1. The van der Waals surface area contributed by atoms with Gasteiger partial charge >= 0.3 is 11.7 Å². The minimum Gasteiger partial charge on any atom is -0.461 e. The van der Waals surface area contributed by atoms with E-state index in [1.165, 1.54) is 11.3 Å². The number of aromatic amines is 1. The molecule has 0 aromatic carbocycles. The molecule has 0 radical (unpaired) electrons. The Morgan fingerprint density at radius 2 is 2.10 bits per heavy atom. The maximum Gasteiger partial charge on any atom is 0.330 e. The van der Waals surface area contributed by atoms with Gasteiger partial charge in [-0.05, 0) is 33.3 Å². The first kappa shape index (κ1) is 15.5. The molecular weight excluding hydrogens is 292 g/mol. The third kappa shape index (κ3) is 2.92. The van der Waals surface area contributed by atoms with E-state index in [2.05, 4.69) is 4.98 Å². The number of hydrogen-bond donors (Lipinski definition) is 1. The molecule has 1 N–H and O–H groups in total. The normalized spacial score (nSPS) is 12.8. The second-order valence-electron chi connectivity index (χ2n) is 5.11. The Morgan fingerprint density at radius 3 is 2.67 bits per heavy atom. The fraction of sp³-hybridized carbons (Fsp3) is 0.500. The van der Waals surface area contributed by atoms with Gasteiger partial charge in [0.15, 0.2) is 0 Å². The van der Waals surface area contributed by atoms with E-state index >= 15 is 0 Å². The first-order valence-corrected chi connectivity index (χ1v) is 7.62. The van der Waals surface area contributed by atoms with Crippen molar-refractivity contribution >= 4 is 27.5 Å². The van der Waals surface area contributed by atoms with Crippen molar-refractivity contribution in [2.75, 3.05) is 0 Å². The molecule has 7 heteroatoms. The van der Waals surface area contributed by atoms with Gasteiger partial charge in [0.05, 0.1) is 11.5 Å². The molecule has 0 aliphatic carbocycles. The van der Waals surface area contributed by atoms with E-state index in [0.717, 1.165) is 9.44 Å². The number of aryl methyl sites for hydroxylation is 1. The monoisotopic (exact) mass is 310 g/mol. The van der Waals surface area contributed by atoms with Crippen LogP contribution >= 0.6 is 11.3 Å². The standard InChI is InChI=1S/C14H18N2O4S/c1-5-10(13(18)20-7(2)3)16-12(17)9-6-8(4)21-11(9)15-14(16)19/h6-7,10H,5H2,1-4H3,(H,15,19). The number of nitrogens with zero attached hydrogens (tertiary/aromatic N) is 1. The quantitative estimate of drug-likeness (QED) is 0.875. The molecule has 114 valence electrons. The summed E-state index contributed by atoms with van der Waals surface area (Å²) >= 11 is 1.34. The van der Waals surface area contributed by atoms with E-state index in [1.54, 1.807) is 26.8 Å². The number of carbonyl (C=O) groups excluding carboxylic acids is 1. The van der Waals surface area contributed by atoms with Crippen LogP contribution in [-0.2, 0) is 9.53 Å². The van der Waals surface area contributed by atoms with Gasteiger partial charge in [-0.2, -0.15) is 0 Å². The molecule has 1 atom stereocenters. The van der Waals surface area contributed by atoms with E-state index in [-0.39, 0.29) is 6.10 Å². The zero-order chi connectivity index (χ0) is 15.7. The Kier molecular flexibility index (Phi) is 4.32. The third-order valence-electron chi connectivity index (χ3n) is 3.07. The van der Waals surface area contributed by atoms with Crippen LogP contribution in [0.4, 0.5) is 0 Å². The predicted octanol–water partition coefficient (Wildman–Crippen LogP) is 1.96. The third-order valence-corrected chi connectivity index (χ3v) is 4.03. The minimum absolute atomic E-state index is 0.298. The SMILES string of the molecule is CCC(C(=O)OC(C)C)n1c(=O)[nH]c2sc(C)cc2c1=O. The van der Waals surface area contributed by atoms with Crippen molar-refractivity contribution in [2.24, 2.45) is 0 Å². The van der Waals surface area contributed by atoms with Gasteiger partial charge in [0, 0.05) is 4.88 Å². The summed E-state index contributed by atoms with van der Waals surface area (Å²) in [5.41, 5.74) is -1.03. The van der Waals surface area contributed by atoms with Crippen LogP contribution in [0, 0.1) is 6.92 Å². The maximum absolute atomic E-state index is 12.5. The zero-order valence-electron chi connectivity index (χ0n) is 12.4. The second kappa shape index (κ2) is 5.85. The summed E-state index contributed by atoms with van der Waals surface area (Å²) < 4.78 is 6.09. The number of aromatic nitrogens is 2. The van der Waals surface area contributed by atoms with Crippen LogP contribution in [-0.4, -0.2) is 21.6 Å². The van der Waals surface area contributed by atoms with Gasteiger partial charge in [0.25, 0.3) is 5.56 Å². The summed E-state index contributed by atoms with van der Waals surface area (Å²) in [4.78, 5) is 40.9. The molecule has 21 heavy (non-hydrogen) atoms.